The molecule has 0 spiro atoms. The minimum Gasteiger partial charge on any atom is -0.396 e. The van der Waals surface area contributed by atoms with Crippen LogP contribution in [0.3, 0.4) is 0 Å². The molecule has 0 aliphatic heterocycles. The Morgan fingerprint density at radius 2 is 2.12 bits per heavy atom. The molecule has 0 bridgehead atoms. The number of benzene rings is 1. The van der Waals surface area contributed by atoms with Gasteiger partial charge in [-0.25, -0.2) is 4.39 Å². The van der Waals surface area contributed by atoms with Gasteiger partial charge in [0, 0.05) is 35.9 Å². The summed E-state index contributed by atoms with van der Waals surface area (Å²) >= 11 is 6.18. The number of aryl methyl sites for hydroxylation is 1. The second-order valence-corrected chi connectivity index (χ2v) is 6.95. The first-order valence-electron chi connectivity index (χ1n) is 8.18. The third kappa shape index (κ3) is 3.75. The van der Waals surface area contributed by atoms with Crippen molar-refractivity contribution in [1.29, 1.82) is 0 Å². The first kappa shape index (κ1) is 18.5. The Morgan fingerprint density at radius 3 is 2.73 bits per heavy atom. The fourth-order valence-corrected chi connectivity index (χ4v) is 2.93. The molecule has 0 amide bonds. The highest BCUT2D eigenvalue weighted by molar-refractivity contribution is 6.32. The predicted molar refractivity (Wildman–Crippen MR) is 99.4 cm³/mol. The molecule has 0 aliphatic rings. The van der Waals surface area contributed by atoms with Gasteiger partial charge in [-0.15, -0.1) is 0 Å². The van der Waals surface area contributed by atoms with E-state index in [1.165, 1.54) is 6.07 Å². The summed E-state index contributed by atoms with van der Waals surface area (Å²) in [5, 5.41) is 26.7. The van der Waals surface area contributed by atoms with Crippen molar-refractivity contribution < 1.29 is 14.6 Å². The third-order valence-corrected chi connectivity index (χ3v) is 4.20. The Balaban J connectivity index is 2.22. The highest BCUT2D eigenvalue weighted by atomic mass is 35.5. The van der Waals surface area contributed by atoms with Gasteiger partial charge in [-0.2, -0.15) is 5.10 Å². The highest BCUT2D eigenvalue weighted by Gasteiger charge is 2.17. The third-order valence-electron chi connectivity index (χ3n) is 3.91. The number of aliphatic hydroxyl groups excluding tert-OH is 1. The molecule has 0 fully saturated rings. The molecule has 0 saturated carbocycles. The van der Waals surface area contributed by atoms with Gasteiger partial charge in [-0.3, -0.25) is 5.10 Å². The van der Waals surface area contributed by atoms with E-state index >= 15 is 0 Å². The molecule has 3 aromatic rings. The first-order valence-corrected chi connectivity index (χ1v) is 8.56. The molecule has 3 N–H and O–H groups in total. The Labute approximate surface area is 155 Å². The molecule has 2 heterocycles. The lowest BCUT2D eigenvalue weighted by atomic mass is 10.0. The molecule has 1 aromatic carbocycles. The number of fused-ring (bicyclic) bond motifs is 1. The molecule has 0 atom stereocenters. The van der Waals surface area contributed by atoms with Crippen LogP contribution in [0.4, 0.5) is 4.39 Å². The van der Waals surface area contributed by atoms with Gasteiger partial charge in [0.2, 0.25) is 0 Å². The maximum Gasteiger partial charge on any atom is 0.140 e. The molecule has 0 radical (unpaired) electrons. The van der Waals surface area contributed by atoms with Gasteiger partial charge in [0.05, 0.1) is 17.3 Å². The lowest BCUT2D eigenvalue weighted by molar-refractivity contribution is 0.143. The molecule has 0 saturated heterocycles. The molecule has 136 valence electrons. The van der Waals surface area contributed by atoms with Crippen molar-refractivity contribution in [3.05, 3.63) is 41.1 Å². The molecule has 0 aliphatic carbocycles. The SMILES string of the molecule is CC(C)(O)C#Cc1cc2c(-c3cn[nH]c3Cl)cn(CCCO)c2cc1F. The number of nitrogens with one attached hydrogen (secondary N) is 1. The zero-order valence-electron chi connectivity index (χ0n) is 14.5. The van der Waals surface area contributed by atoms with Gasteiger partial charge in [0.1, 0.15) is 16.6 Å². The number of rotatable bonds is 4. The van der Waals surface area contributed by atoms with E-state index < -0.39 is 11.4 Å². The van der Waals surface area contributed by atoms with Gasteiger partial charge >= 0.3 is 0 Å². The Morgan fingerprint density at radius 1 is 1.35 bits per heavy atom. The Kier molecular flexibility index (Phi) is 5.05. The second-order valence-electron chi connectivity index (χ2n) is 6.57. The van der Waals surface area contributed by atoms with Crippen molar-refractivity contribution >= 4 is 22.5 Å². The Bertz CT molecular complexity index is 1010. The normalized spacial score (nSPS) is 11.6. The van der Waals surface area contributed by atoms with Crippen LogP contribution in [0.5, 0.6) is 0 Å². The summed E-state index contributed by atoms with van der Waals surface area (Å²) in [7, 11) is 0. The van der Waals surface area contributed by atoms with Crippen LogP contribution in [0.1, 0.15) is 25.8 Å². The maximum absolute atomic E-state index is 14.5. The summed E-state index contributed by atoms with van der Waals surface area (Å²) < 4.78 is 16.4. The van der Waals surface area contributed by atoms with E-state index in [4.69, 9.17) is 16.7 Å². The quantitative estimate of drug-likeness (QED) is 0.612. The summed E-state index contributed by atoms with van der Waals surface area (Å²) in [5.41, 5.74) is 1.15. The zero-order chi connectivity index (χ0) is 18.9. The van der Waals surface area contributed by atoms with Crippen molar-refractivity contribution in [2.24, 2.45) is 0 Å². The number of aromatic nitrogens is 3. The van der Waals surface area contributed by atoms with Crippen LogP contribution in [0.2, 0.25) is 5.15 Å². The highest BCUT2D eigenvalue weighted by Crippen LogP contribution is 2.35. The monoisotopic (exact) mass is 375 g/mol. The fraction of sp³-hybridized carbons (Fsp3) is 0.316. The maximum atomic E-state index is 14.5. The van der Waals surface area contributed by atoms with Crippen LogP contribution in [-0.2, 0) is 6.54 Å². The van der Waals surface area contributed by atoms with Crippen molar-refractivity contribution in [3.8, 4) is 23.0 Å². The van der Waals surface area contributed by atoms with Gasteiger partial charge in [0.25, 0.3) is 0 Å². The minimum atomic E-state index is -1.22. The van der Waals surface area contributed by atoms with E-state index in [2.05, 4.69) is 22.0 Å². The van der Waals surface area contributed by atoms with Crippen LogP contribution < -0.4 is 0 Å². The zero-order valence-corrected chi connectivity index (χ0v) is 15.2. The number of H-pyrrole nitrogens is 1. The summed E-state index contributed by atoms with van der Waals surface area (Å²) in [5.74, 6) is 4.87. The number of halogens is 2. The molecule has 5 nitrogen and oxygen atoms in total. The predicted octanol–water partition coefficient (Wildman–Crippen LogP) is 3.33. The lowest BCUT2D eigenvalue weighted by Crippen LogP contribution is -2.14. The summed E-state index contributed by atoms with van der Waals surface area (Å²) in [6, 6.07) is 3.07. The van der Waals surface area contributed by atoms with Crippen LogP contribution in [-0.4, -0.2) is 37.2 Å². The molecule has 3 rings (SSSR count). The average molecular weight is 376 g/mol. The second kappa shape index (κ2) is 7.12. The molecular formula is C19H19ClFN3O2. The van der Waals surface area contributed by atoms with E-state index in [0.29, 0.717) is 29.2 Å². The van der Waals surface area contributed by atoms with Crippen molar-refractivity contribution in [2.75, 3.05) is 6.61 Å². The molecule has 7 heteroatoms. The smallest absolute Gasteiger partial charge is 0.140 e. The van der Waals surface area contributed by atoms with Crippen molar-refractivity contribution in [1.82, 2.24) is 14.8 Å². The fourth-order valence-electron chi connectivity index (χ4n) is 2.73. The summed E-state index contributed by atoms with van der Waals surface area (Å²) in [6.07, 6.45) is 4.02. The van der Waals surface area contributed by atoms with Crippen LogP contribution in [0.25, 0.3) is 22.0 Å². The van der Waals surface area contributed by atoms with E-state index in [1.807, 2.05) is 10.8 Å². The number of hydrogen-bond donors (Lipinski definition) is 3. The van der Waals surface area contributed by atoms with Crippen LogP contribution >= 0.6 is 11.6 Å². The van der Waals surface area contributed by atoms with Gasteiger partial charge in [0.15, 0.2) is 0 Å². The molecular weight excluding hydrogens is 357 g/mol. The van der Waals surface area contributed by atoms with Gasteiger partial charge in [-0.05, 0) is 32.4 Å². The Hall–Kier alpha value is -2.33. The van der Waals surface area contributed by atoms with E-state index in [1.54, 1.807) is 26.1 Å². The van der Waals surface area contributed by atoms with E-state index in [0.717, 1.165) is 10.9 Å². The van der Waals surface area contributed by atoms with Crippen molar-refractivity contribution in [2.45, 2.75) is 32.4 Å². The molecule has 26 heavy (non-hydrogen) atoms. The van der Waals surface area contributed by atoms with Crippen LogP contribution in [0, 0.1) is 17.7 Å². The first-order chi connectivity index (χ1) is 12.3. The van der Waals surface area contributed by atoms with E-state index in [-0.39, 0.29) is 12.2 Å². The van der Waals surface area contributed by atoms with Gasteiger partial charge in [-0.1, -0.05) is 23.4 Å². The van der Waals surface area contributed by atoms with Crippen molar-refractivity contribution in [3.63, 3.8) is 0 Å². The number of aromatic amines is 1. The standard InChI is InChI=1S/C19H19ClFN3O2/c1-19(2,26)5-4-12-8-13-15(14-10-22-23-18(14)20)11-24(6-3-7-25)17(13)9-16(12)21/h8-11,25-26H,3,6-7H2,1-2H3,(H,22,23). The summed E-state index contributed by atoms with van der Waals surface area (Å²) in [6.45, 7) is 3.66. The molecule has 0 unspecified atom stereocenters. The lowest BCUT2D eigenvalue weighted by Gasteiger charge is -2.07. The number of aliphatic hydroxyl groups is 2. The van der Waals surface area contributed by atoms with Crippen LogP contribution in [0.15, 0.2) is 24.5 Å². The topological polar surface area (TPSA) is 74.1 Å². The summed E-state index contributed by atoms with van der Waals surface area (Å²) in [4.78, 5) is 0. The largest absolute Gasteiger partial charge is 0.396 e. The van der Waals surface area contributed by atoms with E-state index in [9.17, 15) is 9.50 Å². The number of hydrogen-bond acceptors (Lipinski definition) is 3. The van der Waals surface area contributed by atoms with Gasteiger partial charge < -0.3 is 14.8 Å². The average Bonchev–Trinajstić information content (AvgIpc) is 3.13. The number of nitrogens with zero attached hydrogens (tertiary/aromatic N) is 2. The minimum absolute atomic E-state index is 0.0408. The molecule has 2 aromatic heterocycles.